The largest absolute Gasteiger partial charge is 0.571 e. The Morgan fingerprint density at radius 2 is 1.10 bits per heavy atom. The van der Waals surface area contributed by atoms with Gasteiger partial charge in [-0.25, -0.2) is 9.59 Å². The maximum atomic E-state index is 13.0. The first kappa shape index (κ1) is 57.7. The zero-order chi connectivity index (χ0) is 57.0. The van der Waals surface area contributed by atoms with Crippen molar-refractivity contribution in [2.24, 2.45) is 0 Å². The first-order chi connectivity index (χ1) is 37.6. The SMILES string of the molecule is COc1cc(/C=C/C(=O)OC[C@H]2O[C@@H](O[C@H]3[C@@H](OC4=Cc5c(O[C@@H]6O[C@H](CO)[C@@H](O)[C@H](O)[C@H]6O)cc(O)cc5[OH+]C4c4ccc(O)c(O)c4)O[C@H](COC(=O)/C=C/c4ccc(O)c(O)c4)[C@@H](O)[C@@H]3O)[C@H](O)[C@@H](O)[C@@H]2O)ccc1O. The van der Waals surface area contributed by atoms with E-state index in [0.29, 0.717) is 5.56 Å². The van der Waals surface area contributed by atoms with Crippen LogP contribution >= 0.6 is 0 Å². The molecular formula is C52H57O27+. The standard InChI is InChI=1S/C52H56O27/c1-70-33-13-22(3-8-28(33)57)5-11-39(61)71-19-36-41(63)44(66)47(69)51(77-36)79-49-45(67)42(64)37(20-72-38(60)10-4-21-2-7-26(55)29(58)12-21)78-52(49)75-34-17-25-31(73-48(34)23-6-9-27(56)30(59)14-23)15-24(54)16-32(25)74-50-46(68)43(65)40(62)35(18-53)76-50/h2-17,35-37,40-59,62-69H,18-20H2,1H3/p+1/b10-4+,11-5+/t35-,36-,37-,40-,41-,42-,43+,44+,45+,46-,47-,48?,49-,50-,51+,52+/m1/s1. The third kappa shape index (κ3) is 13.0. The van der Waals surface area contributed by atoms with Gasteiger partial charge in [-0.05, 0) is 65.7 Å². The van der Waals surface area contributed by atoms with Gasteiger partial charge in [0.05, 0.1) is 25.3 Å². The van der Waals surface area contributed by atoms with Crippen molar-refractivity contribution in [3.05, 3.63) is 107 Å². The first-order valence-corrected chi connectivity index (χ1v) is 24.0. The molecule has 16 N–H and O–H groups in total. The van der Waals surface area contributed by atoms with E-state index in [1.165, 1.54) is 67.8 Å². The van der Waals surface area contributed by atoms with Gasteiger partial charge in [0.2, 0.25) is 12.6 Å². The minimum Gasteiger partial charge on any atom is -0.571 e. The van der Waals surface area contributed by atoms with Crippen molar-refractivity contribution >= 4 is 30.2 Å². The molecule has 79 heavy (non-hydrogen) atoms. The molecule has 426 valence electrons. The Bertz CT molecular complexity index is 2910. The van der Waals surface area contributed by atoms with Crippen LogP contribution in [0.2, 0.25) is 0 Å². The van der Waals surface area contributed by atoms with Crippen LogP contribution in [0.3, 0.4) is 0 Å². The van der Waals surface area contributed by atoms with E-state index < -0.39 is 159 Å². The summed E-state index contributed by atoms with van der Waals surface area (Å²) < 4.78 is 56.3. The van der Waals surface area contributed by atoms with Gasteiger partial charge in [0.25, 0.3) is 11.9 Å². The van der Waals surface area contributed by atoms with Gasteiger partial charge in [-0.3, -0.25) is 0 Å². The Morgan fingerprint density at radius 1 is 0.557 bits per heavy atom. The van der Waals surface area contributed by atoms with E-state index in [9.17, 15) is 86.2 Å². The third-order valence-corrected chi connectivity index (χ3v) is 13.0. The van der Waals surface area contributed by atoms with E-state index in [1.807, 2.05) is 0 Å². The van der Waals surface area contributed by atoms with Crippen LogP contribution in [0.4, 0.5) is 0 Å². The summed E-state index contributed by atoms with van der Waals surface area (Å²) in [6.45, 7) is -2.41. The lowest BCUT2D eigenvalue weighted by molar-refractivity contribution is -0.364. The van der Waals surface area contributed by atoms with Crippen molar-refractivity contribution < 1.29 is 134 Å². The van der Waals surface area contributed by atoms with E-state index in [-0.39, 0.29) is 45.4 Å². The fourth-order valence-corrected chi connectivity index (χ4v) is 8.64. The fourth-order valence-electron chi connectivity index (χ4n) is 8.64. The Hall–Kier alpha value is -7.48. The normalized spacial score (nSPS) is 30.7. The number of fused-ring (bicyclic) bond motifs is 1. The number of methoxy groups -OCH3 is 1. The van der Waals surface area contributed by atoms with Gasteiger partial charge in [-0.2, -0.15) is 0 Å². The van der Waals surface area contributed by atoms with Gasteiger partial charge in [0.1, 0.15) is 97.4 Å². The molecule has 4 aromatic rings. The maximum absolute atomic E-state index is 13.0. The summed E-state index contributed by atoms with van der Waals surface area (Å²) in [5.74, 6) is -5.31. The van der Waals surface area contributed by atoms with Crippen LogP contribution in [0, 0.1) is 0 Å². The first-order valence-electron chi connectivity index (χ1n) is 24.0. The van der Waals surface area contributed by atoms with E-state index in [2.05, 4.69) is 4.74 Å². The number of phenols is 6. The van der Waals surface area contributed by atoms with Crippen molar-refractivity contribution in [2.75, 3.05) is 26.9 Å². The number of aliphatic hydroxyl groups is 10. The molecule has 4 heterocycles. The molecule has 4 aromatic carbocycles. The number of benzene rings is 4. The zero-order valence-corrected chi connectivity index (χ0v) is 41.2. The van der Waals surface area contributed by atoms with E-state index in [4.69, 9.17) is 42.6 Å². The van der Waals surface area contributed by atoms with Crippen LogP contribution in [0.5, 0.6) is 51.7 Å². The molecule has 0 aliphatic carbocycles. The molecule has 8 rings (SSSR count). The number of rotatable bonds is 17. The number of hydrogen-bond acceptors (Lipinski definition) is 26. The molecule has 0 amide bonds. The zero-order valence-electron chi connectivity index (χ0n) is 41.2. The van der Waals surface area contributed by atoms with Gasteiger partial charge in [-0.15, -0.1) is 0 Å². The summed E-state index contributed by atoms with van der Waals surface area (Å²) in [6, 6.07) is 13.6. The summed E-state index contributed by atoms with van der Waals surface area (Å²) >= 11 is 0. The number of hydrogen-bond donors (Lipinski definition) is 15. The second-order valence-corrected chi connectivity index (χ2v) is 18.4. The molecule has 16 atom stereocenters. The molecule has 0 aromatic heterocycles. The third-order valence-electron chi connectivity index (χ3n) is 13.0. The molecule has 0 radical (unpaired) electrons. The fraction of sp³-hybridized carbons (Fsp3) is 0.385. The van der Waals surface area contributed by atoms with Crippen molar-refractivity contribution in [1.29, 1.82) is 0 Å². The predicted octanol–water partition coefficient (Wildman–Crippen LogP) is -1.39. The lowest BCUT2D eigenvalue weighted by Crippen LogP contribution is -2.64. The van der Waals surface area contributed by atoms with E-state index in [0.717, 1.165) is 36.4 Å². The molecule has 0 bridgehead atoms. The molecule has 0 saturated carbocycles. The highest BCUT2D eigenvalue weighted by molar-refractivity contribution is 5.87. The Morgan fingerprint density at radius 3 is 1.71 bits per heavy atom. The average Bonchev–Trinajstić information content (AvgIpc) is 3.43. The Labute approximate surface area is 446 Å². The van der Waals surface area contributed by atoms with Gasteiger partial charge >= 0.3 is 11.9 Å². The minimum atomic E-state index is -2.16. The average molecular weight is 1110 g/mol. The molecular weight excluding hydrogens is 1060 g/mol. The van der Waals surface area contributed by atoms with Gasteiger partial charge < -0.3 is 124 Å². The molecule has 27 heteroatoms. The monoisotopic (exact) mass is 1110 g/mol. The maximum Gasteiger partial charge on any atom is 0.330 e. The summed E-state index contributed by atoms with van der Waals surface area (Å²) in [6.07, 6.45) is -24.4. The highest BCUT2D eigenvalue weighted by Gasteiger charge is 2.53. The van der Waals surface area contributed by atoms with Crippen LogP contribution in [0.15, 0.2) is 84.6 Å². The number of aromatic hydroxyl groups is 7. The highest BCUT2D eigenvalue weighted by Crippen LogP contribution is 2.48. The Balaban J connectivity index is 1.11. The van der Waals surface area contributed by atoms with Crippen LogP contribution < -0.4 is 9.47 Å². The number of aliphatic hydroxyl groups excluding tert-OH is 9. The second-order valence-electron chi connectivity index (χ2n) is 18.4. The van der Waals surface area contributed by atoms with Crippen molar-refractivity contribution in [2.45, 2.75) is 98.2 Å². The highest BCUT2D eigenvalue weighted by atomic mass is 16.8. The number of esters is 2. The molecule has 3 saturated heterocycles. The predicted molar refractivity (Wildman–Crippen MR) is 262 cm³/mol. The summed E-state index contributed by atoms with van der Waals surface area (Å²) in [5.41, 5.74) is 0.703. The molecule has 1 unspecified atom stereocenters. The molecule has 27 nitrogen and oxygen atoms in total. The van der Waals surface area contributed by atoms with Crippen LogP contribution in [0.25, 0.3) is 18.2 Å². The van der Waals surface area contributed by atoms with Gasteiger partial charge in [0, 0.05) is 24.3 Å². The molecule has 4 aliphatic rings. The second kappa shape index (κ2) is 24.7. The molecule has 0 spiro atoms. The number of carbonyl (C=O) groups excluding carboxylic acids is 2. The Kier molecular flexibility index (Phi) is 18.0. The van der Waals surface area contributed by atoms with E-state index in [1.54, 1.807) is 0 Å². The lowest BCUT2D eigenvalue weighted by atomic mass is 9.97. The van der Waals surface area contributed by atoms with Crippen molar-refractivity contribution in [1.82, 2.24) is 0 Å². The topological polar surface area (TPSA) is 433 Å². The number of phenolic OH excluding ortho intramolecular Hbond substituents is 6. The minimum absolute atomic E-state index is 0.0599. The lowest BCUT2D eigenvalue weighted by Gasteiger charge is -2.46. The van der Waals surface area contributed by atoms with Gasteiger partial charge in [0.15, 0.2) is 52.7 Å². The van der Waals surface area contributed by atoms with E-state index >= 15 is 0 Å². The van der Waals surface area contributed by atoms with Crippen LogP contribution in [0.1, 0.15) is 28.4 Å². The summed E-state index contributed by atoms with van der Waals surface area (Å²) in [4.78, 5) is 25.8. The number of ether oxygens (including phenoxy) is 10. The smallest absolute Gasteiger partial charge is 0.330 e. The quantitative estimate of drug-likeness (QED) is 0.0251. The van der Waals surface area contributed by atoms with Crippen molar-refractivity contribution in [3.63, 3.8) is 0 Å². The van der Waals surface area contributed by atoms with Gasteiger partial charge in [-0.1, -0.05) is 12.1 Å². The summed E-state index contributed by atoms with van der Waals surface area (Å²) in [7, 11) is 1.32. The molecule has 4 aliphatic heterocycles. The van der Waals surface area contributed by atoms with Crippen LogP contribution in [-0.2, 0) is 42.7 Å². The number of carbonyl (C=O) groups is 2. The molecule has 3 fully saturated rings. The summed E-state index contributed by atoms with van der Waals surface area (Å²) in [5, 5.41) is 159. The van der Waals surface area contributed by atoms with Crippen LogP contribution in [-0.4, -0.2) is 212 Å². The van der Waals surface area contributed by atoms with Crippen molar-refractivity contribution in [3.8, 4) is 51.7 Å².